The second kappa shape index (κ2) is 7.75. The number of aromatic nitrogens is 2. The molecule has 0 amide bonds. The van der Waals surface area contributed by atoms with Crippen molar-refractivity contribution in [1.29, 1.82) is 0 Å². The highest BCUT2D eigenvalue weighted by molar-refractivity contribution is 5.66. The lowest BCUT2D eigenvalue weighted by Crippen LogP contribution is -2.33. The standard InChI is InChI=1S/C22H25N3/c1-2-6-19(7-3-1)20-9-11-25(12-10-20)16-18-5-4-8-21(13-18)22-14-23-17-24-15-22/h1-3,6-7,9,13-15,17-18H,4-5,8,10-12,16H2. The van der Waals surface area contributed by atoms with E-state index >= 15 is 0 Å². The molecular weight excluding hydrogens is 306 g/mol. The quantitative estimate of drug-likeness (QED) is 0.829. The van der Waals surface area contributed by atoms with Gasteiger partial charge in [0.05, 0.1) is 0 Å². The molecule has 0 N–H and O–H groups in total. The van der Waals surface area contributed by atoms with Gasteiger partial charge in [-0.15, -0.1) is 0 Å². The van der Waals surface area contributed by atoms with Crippen LogP contribution in [0.4, 0.5) is 0 Å². The molecular formula is C22H25N3. The van der Waals surface area contributed by atoms with E-state index in [9.17, 15) is 0 Å². The zero-order valence-electron chi connectivity index (χ0n) is 14.6. The Morgan fingerprint density at radius 3 is 2.56 bits per heavy atom. The predicted molar refractivity (Wildman–Crippen MR) is 103 cm³/mol. The monoisotopic (exact) mass is 331 g/mol. The first kappa shape index (κ1) is 16.2. The van der Waals surface area contributed by atoms with Gasteiger partial charge >= 0.3 is 0 Å². The lowest BCUT2D eigenvalue weighted by Gasteiger charge is -2.31. The van der Waals surface area contributed by atoms with Crippen molar-refractivity contribution in [2.45, 2.75) is 25.7 Å². The Hall–Kier alpha value is -2.26. The maximum atomic E-state index is 4.17. The predicted octanol–water partition coefficient (Wildman–Crippen LogP) is 4.45. The van der Waals surface area contributed by atoms with Gasteiger partial charge in [-0.05, 0) is 48.3 Å². The summed E-state index contributed by atoms with van der Waals surface area (Å²) in [6.45, 7) is 3.39. The van der Waals surface area contributed by atoms with Crippen LogP contribution in [0.2, 0.25) is 0 Å². The Morgan fingerprint density at radius 1 is 0.960 bits per heavy atom. The van der Waals surface area contributed by atoms with Crippen LogP contribution in [0.5, 0.6) is 0 Å². The van der Waals surface area contributed by atoms with Gasteiger partial charge in [0.15, 0.2) is 0 Å². The van der Waals surface area contributed by atoms with Crippen molar-refractivity contribution < 1.29 is 0 Å². The lowest BCUT2D eigenvalue weighted by atomic mass is 9.87. The highest BCUT2D eigenvalue weighted by Crippen LogP contribution is 2.30. The Morgan fingerprint density at radius 2 is 1.80 bits per heavy atom. The van der Waals surface area contributed by atoms with E-state index in [0.29, 0.717) is 5.92 Å². The molecule has 4 rings (SSSR count). The van der Waals surface area contributed by atoms with Crippen molar-refractivity contribution in [3.8, 4) is 0 Å². The summed E-state index contributed by atoms with van der Waals surface area (Å²) < 4.78 is 0. The minimum Gasteiger partial charge on any atom is -0.299 e. The third kappa shape index (κ3) is 4.05. The van der Waals surface area contributed by atoms with E-state index in [1.807, 2.05) is 12.4 Å². The fourth-order valence-corrected chi connectivity index (χ4v) is 3.98. The highest BCUT2D eigenvalue weighted by atomic mass is 15.1. The van der Waals surface area contributed by atoms with E-state index in [0.717, 1.165) is 32.5 Å². The van der Waals surface area contributed by atoms with Crippen molar-refractivity contribution in [2.75, 3.05) is 19.6 Å². The number of allylic oxidation sites excluding steroid dienone is 1. The molecule has 0 spiro atoms. The zero-order valence-corrected chi connectivity index (χ0v) is 14.6. The first-order chi connectivity index (χ1) is 12.4. The molecule has 0 bridgehead atoms. The number of rotatable bonds is 4. The van der Waals surface area contributed by atoms with E-state index in [1.165, 1.54) is 35.1 Å². The van der Waals surface area contributed by atoms with Gasteiger partial charge < -0.3 is 0 Å². The van der Waals surface area contributed by atoms with Crippen LogP contribution in [0.25, 0.3) is 11.1 Å². The summed E-state index contributed by atoms with van der Waals surface area (Å²) in [7, 11) is 0. The van der Waals surface area contributed by atoms with Gasteiger partial charge in [0.25, 0.3) is 0 Å². The van der Waals surface area contributed by atoms with Crippen LogP contribution >= 0.6 is 0 Å². The van der Waals surface area contributed by atoms with Crippen LogP contribution in [0.3, 0.4) is 0 Å². The van der Waals surface area contributed by atoms with E-state index < -0.39 is 0 Å². The summed E-state index contributed by atoms with van der Waals surface area (Å²) >= 11 is 0. The van der Waals surface area contributed by atoms with Crippen LogP contribution < -0.4 is 0 Å². The average molecular weight is 331 g/mol. The second-order valence-corrected chi connectivity index (χ2v) is 7.08. The number of hydrogen-bond acceptors (Lipinski definition) is 3. The normalized spacial score (nSPS) is 21.5. The molecule has 2 aromatic rings. The van der Waals surface area contributed by atoms with Crippen LogP contribution in [-0.4, -0.2) is 34.5 Å². The Balaban J connectivity index is 1.39. The molecule has 1 aliphatic heterocycles. The van der Waals surface area contributed by atoms with Gasteiger partial charge in [0, 0.05) is 37.6 Å². The van der Waals surface area contributed by atoms with Gasteiger partial charge in [0.1, 0.15) is 6.33 Å². The summed E-state index contributed by atoms with van der Waals surface area (Å²) in [5.74, 6) is 0.649. The molecule has 2 aliphatic rings. The van der Waals surface area contributed by atoms with E-state index in [2.05, 4.69) is 57.4 Å². The number of nitrogens with zero attached hydrogens (tertiary/aromatic N) is 3. The molecule has 1 aliphatic carbocycles. The first-order valence-corrected chi connectivity index (χ1v) is 9.31. The largest absolute Gasteiger partial charge is 0.299 e. The molecule has 0 saturated heterocycles. The van der Waals surface area contributed by atoms with Crippen LogP contribution in [-0.2, 0) is 0 Å². The second-order valence-electron chi connectivity index (χ2n) is 7.08. The van der Waals surface area contributed by atoms with Crippen molar-refractivity contribution in [3.63, 3.8) is 0 Å². The van der Waals surface area contributed by atoms with Crippen molar-refractivity contribution in [3.05, 3.63) is 72.3 Å². The van der Waals surface area contributed by atoms with Crippen LogP contribution in [0.1, 0.15) is 36.8 Å². The van der Waals surface area contributed by atoms with Gasteiger partial charge in [-0.1, -0.05) is 42.5 Å². The van der Waals surface area contributed by atoms with E-state index in [1.54, 1.807) is 6.33 Å². The molecule has 1 unspecified atom stereocenters. The molecule has 3 heteroatoms. The molecule has 0 fully saturated rings. The number of hydrogen-bond donors (Lipinski definition) is 0. The van der Waals surface area contributed by atoms with Crippen molar-refractivity contribution in [1.82, 2.24) is 14.9 Å². The molecule has 0 saturated carbocycles. The molecule has 128 valence electrons. The summed E-state index contributed by atoms with van der Waals surface area (Å²) in [6, 6.07) is 10.8. The topological polar surface area (TPSA) is 29.0 Å². The molecule has 2 heterocycles. The fourth-order valence-electron chi connectivity index (χ4n) is 3.98. The third-order valence-corrected chi connectivity index (χ3v) is 5.32. The zero-order chi connectivity index (χ0) is 16.9. The average Bonchev–Trinajstić information content (AvgIpc) is 2.70. The SMILES string of the molecule is C1=C(c2cncnc2)CCCC1CN1CC=C(c2ccccc2)CC1. The van der Waals surface area contributed by atoms with Gasteiger partial charge in [-0.2, -0.15) is 0 Å². The van der Waals surface area contributed by atoms with Gasteiger partial charge in [0.2, 0.25) is 0 Å². The maximum Gasteiger partial charge on any atom is 0.115 e. The lowest BCUT2D eigenvalue weighted by molar-refractivity contribution is 0.262. The summed E-state index contributed by atoms with van der Waals surface area (Å²) in [5, 5.41) is 0. The van der Waals surface area contributed by atoms with Crippen LogP contribution in [0.15, 0.2) is 61.2 Å². The molecule has 25 heavy (non-hydrogen) atoms. The van der Waals surface area contributed by atoms with Crippen molar-refractivity contribution >= 4 is 11.1 Å². The molecule has 3 nitrogen and oxygen atoms in total. The molecule has 1 aromatic carbocycles. The molecule has 1 atom stereocenters. The first-order valence-electron chi connectivity index (χ1n) is 9.31. The highest BCUT2D eigenvalue weighted by Gasteiger charge is 2.20. The van der Waals surface area contributed by atoms with Gasteiger partial charge in [-0.3, -0.25) is 4.90 Å². The minimum absolute atomic E-state index is 0.649. The maximum absolute atomic E-state index is 4.17. The smallest absolute Gasteiger partial charge is 0.115 e. The summed E-state index contributed by atoms with van der Waals surface area (Å²) in [4.78, 5) is 10.9. The molecule has 1 aromatic heterocycles. The Labute approximate surface area is 150 Å². The fraction of sp³-hybridized carbons (Fsp3) is 0.364. The van der Waals surface area contributed by atoms with Gasteiger partial charge in [-0.25, -0.2) is 9.97 Å². The number of benzene rings is 1. The Bertz CT molecular complexity index is 749. The van der Waals surface area contributed by atoms with E-state index in [4.69, 9.17) is 0 Å². The third-order valence-electron chi connectivity index (χ3n) is 5.32. The van der Waals surface area contributed by atoms with Crippen molar-refractivity contribution in [2.24, 2.45) is 5.92 Å². The Kier molecular flexibility index (Phi) is 5.03. The minimum atomic E-state index is 0.649. The summed E-state index contributed by atoms with van der Waals surface area (Å²) in [6.07, 6.45) is 15.2. The molecule has 0 radical (unpaired) electrons. The van der Waals surface area contributed by atoms with E-state index in [-0.39, 0.29) is 0 Å². The van der Waals surface area contributed by atoms with Crippen LogP contribution in [0, 0.1) is 5.92 Å². The summed E-state index contributed by atoms with van der Waals surface area (Å²) in [5.41, 5.74) is 5.50.